The van der Waals surface area contributed by atoms with E-state index in [9.17, 15) is 24.0 Å². The van der Waals surface area contributed by atoms with E-state index in [1.54, 1.807) is 29.2 Å². The molecular formula is C24H24N6O6. The lowest BCUT2D eigenvalue weighted by atomic mass is 9.96. The predicted octanol–water partition coefficient (Wildman–Crippen LogP) is 0.118. The summed E-state index contributed by atoms with van der Waals surface area (Å²) in [5, 5.41) is 0. The second kappa shape index (κ2) is 7.64. The lowest BCUT2D eigenvalue weighted by Crippen LogP contribution is -2.69. The highest BCUT2D eigenvalue weighted by Gasteiger charge is 2.64. The van der Waals surface area contributed by atoms with E-state index in [1.807, 2.05) is 0 Å². The second-order valence-electron chi connectivity index (χ2n) is 9.42. The van der Waals surface area contributed by atoms with Gasteiger partial charge in [-0.1, -0.05) is 12.1 Å². The molecule has 2 aromatic heterocycles. The Morgan fingerprint density at radius 2 is 1.86 bits per heavy atom. The molecule has 2 amide bonds. The van der Waals surface area contributed by atoms with E-state index in [0.717, 1.165) is 17.4 Å². The summed E-state index contributed by atoms with van der Waals surface area (Å²) in [5.41, 5.74) is -1.25. The number of aryl methyl sites for hydroxylation is 1. The van der Waals surface area contributed by atoms with Gasteiger partial charge in [-0.15, -0.1) is 0 Å². The zero-order valence-corrected chi connectivity index (χ0v) is 19.8. The van der Waals surface area contributed by atoms with Crippen molar-refractivity contribution in [3.8, 4) is 0 Å². The number of carbonyl (C=O) groups excluding carboxylic acids is 3. The number of carbonyl (C=O) groups is 3. The van der Waals surface area contributed by atoms with Gasteiger partial charge in [-0.2, -0.15) is 0 Å². The summed E-state index contributed by atoms with van der Waals surface area (Å²) in [7, 11) is 2.91. The molecule has 12 nitrogen and oxygen atoms in total. The molecule has 0 N–H and O–H groups in total. The second-order valence-corrected chi connectivity index (χ2v) is 9.42. The molecule has 1 atom stereocenters. The third-order valence-electron chi connectivity index (χ3n) is 7.32. The van der Waals surface area contributed by atoms with Crippen molar-refractivity contribution in [1.82, 2.24) is 23.6 Å². The lowest BCUT2D eigenvalue weighted by molar-refractivity contribution is -0.158. The van der Waals surface area contributed by atoms with Gasteiger partial charge in [0.1, 0.15) is 6.61 Å². The number of imidazole rings is 1. The summed E-state index contributed by atoms with van der Waals surface area (Å²) >= 11 is 0. The van der Waals surface area contributed by atoms with Crippen LogP contribution in [0.1, 0.15) is 36.0 Å². The number of rotatable bonds is 5. The summed E-state index contributed by atoms with van der Waals surface area (Å²) in [6.45, 7) is -0.0118. The smallest absolute Gasteiger partial charge is 0.353 e. The molecule has 2 aliphatic heterocycles. The Balaban J connectivity index is 1.32. The van der Waals surface area contributed by atoms with Crippen LogP contribution in [0.4, 0.5) is 5.69 Å². The van der Waals surface area contributed by atoms with E-state index in [1.165, 1.54) is 34.5 Å². The van der Waals surface area contributed by atoms with Gasteiger partial charge in [0, 0.05) is 33.0 Å². The van der Waals surface area contributed by atoms with Crippen molar-refractivity contribution >= 4 is 34.6 Å². The van der Waals surface area contributed by atoms with Gasteiger partial charge in [-0.05, 0) is 25.0 Å². The number of para-hydroxylation sites is 1. The Hall–Kier alpha value is -4.22. The van der Waals surface area contributed by atoms with E-state index in [0.29, 0.717) is 11.3 Å². The molecule has 1 saturated carbocycles. The van der Waals surface area contributed by atoms with Crippen LogP contribution in [0.3, 0.4) is 0 Å². The van der Waals surface area contributed by atoms with Crippen molar-refractivity contribution in [3.05, 3.63) is 57.0 Å². The van der Waals surface area contributed by atoms with Crippen molar-refractivity contribution in [2.75, 3.05) is 11.5 Å². The predicted molar refractivity (Wildman–Crippen MR) is 126 cm³/mol. The number of amides is 2. The third kappa shape index (κ3) is 2.87. The first kappa shape index (κ1) is 22.3. The quantitative estimate of drug-likeness (QED) is 0.463. The van der Waals surface area contributed by atoms with E-state index >= 15 is 0 Å². The SMILES string of the molecule is Cn1c(=O)c2c(ncn2CCOC(=O)C23CCC(=O)N2c2ccccc2C(=O)N3C2CC2)n(C)c1=O. The molecule has 3 aliphatic rings. The zero-order valence-electron chi connectivity index (χ0n) is 19.8. The van der Waals surface area contributed by atoms with Crippen LogP contribution in [0.15, 0.2) is 40.2 Å². The molecule has 2 fully saturated rings. The fourth-order valence-corrected chi connectivity index (χ4v) is 5.43. The Morgan fingerprint density at radius 1 is 1.11 bits per heavy atom. The van der Waals surface area contributed by atoms with Gasteiger partial charge in [0.2, 0.25) is 11.6 Å². The van der Waals surface area contributed by atoms with Gasteiger partial charge in [0.05, 0.1) is 24.1 Å². The van der Waals surface area contributed by atoms with Crippen molar-refractivity contribution in [1.29, 1.82) is 0 Å². The zero-order chi connectivity index (χ0) is 25.4. The van der Waals surface area contributed by atoms with Crippen LogP contribution in [0, 0.1) is 0 Å². The Labute approximate surface area is 204 Å². The van der Waals surface area contributed by atoms with Crippen LogP contribution >= 0.6 is 0 Å². The van der Waals surface area contributed by atoms with E-state index in [4.69, 9.17) is 4.74 Å². The van der Waals surface area contributed by atoms with Crippen LogP contribution in [-0.4, -0.2) is 59.7 Å². The molecule has 0 radical (unpaired) electrons. The van der Waals surface area contributed by atoms with Gasteiger partial charge in [0.15, 0.2) is 11.2 Å². The largest absolute Gasteiger partial charge is 0.461 e. The first-order chi connectivity index (χ1) is 17.3. The molecule has 3 aromatic rings. The molecule has 186 valence electrons. The molecular weight excluding hydrogens is 468 g/mol. The number of ether oxygens (including phenoxy) is 1. The molecule has 12 heteroatoms. The maximum absolute atomic E-state index is 13.7. The molecule has 6 rings (SSSR count). The third-order valence-corrected chi connectivity index (χ3v) is 7.32. The minimum Gasteiger partial charge on any atom is -0.461 e. The van der Waals surface area contributed by atoms with Crippen molar-refractivity contribution in [3.63, 3.8) is 0 Å². The highest BCUT2D eigenvalue weighted by atomic mass is 16.5. The highest BCUT2D eigenvalue weighted by molar-refractivity contribution is 6.15. The molecule has 1 unspecified atom stereocenters. The van der Waals surface area contributed by atoms with Gasteiger partial charge >= 0.3 is 11.7 Å². The Kier molecular flexibility index (Phi) is 4.72. The molecule has 0 bridgehead atoms. The number of nitrogens with zero attached hydrogens (tertiary/aromatic N) is 6. The fourth-order valence-electron chi connectivity index (χ4n) is 5.43. The van der Waals surface area contributed by atoms with Crippen LogP contribution < -0.4 is 16.1 Å². The number of aromatic nitrogens is 4. The topological polar surface area (TPSA) is 129 Å². The van der Waals surface area contributed by atoms with Crippen molar-refractivity contribution < 1.29 is 19.1 Å². The minimum atomic E-state index is -1.53. The fraction of sp³-hybridized carbons (Fsp3) is 0.417. The summed E-state index contributed by atoms with van der Waals surface area (Å²) in [6.07, 6.45) is 3.20. The summed E-state index contributed by atoms with van der Waals surface area (Å²) in [4.78, 5) is 72.2. The van der Waals surface area contributed by atoms with E-state index in [2.05, 4.69) is 4.98 Å². The van der Waals surface area contributed by atoms with Crippen LogP contribution in [0.5, 0.6) is 0 Å². The molecule has 4 heterocycles. The standard InChI is InChI=1S/C24H24N6O6/c1-26-19-18(21(33)27(2)23(26)35)28(13-25-19)11-12-36-22(34)24-10-9-17(31)30(24)16-6-4-3-5-15(16)20(32)29(24)14-7-8-14/h3-6,13-14H,7-12H2,1-2H3. The Morgan fingerprint density at radius 3 is 2.61 bits per heavy atom. The van der Waals surface area contributed by atoms with E-state index < -0.39 is 22.9 Å². The van der Waals surface area contributed by atoms with Crippen LogP contribution in [0.25, 0.3) is 11.2 Å². The van der Waals surface area contributed by atoms with Crippen molar-refractivity contribution in [2.24, 2.45) is 14.1 Å². The number of esters is 1. The van der Waals surface area contributed by atoms with Crippen LogP contribution in [-0.2, 0) is 35.0 Å². The van der Waals surface area contributed by atoms with Gasteiger partial charge in [0.25, 0.3) is 11.5 Å². The van der Waals surface area contributed by atoms with Crippen molar-refractivity contribution in [2.45, 2.75) is 43.9 Å². The Bertz CT molecular complexity index is 1580. The first-order valence-corrected chi connectivity index (χ1v) is 11.8. The average molecular weight is 492 g/mol. The molecule has 36 heavy (non-hydrogen) atoms. The monoisotopic (exact) mass is 492 g/mol. The van der Waals surface area contributed by atoms with E-state index in [-0.39, 0.29) is 55.0 Å². The number of hydrogen-bond donors (Lipinski definition) is 0. The molecule has 1 aromatic carbocycles. The summed E-state index contributed by atoms with van der Waals surface area (Å²) < 4.78 is 9.50. The number of hydrogen-bond acceptors (Lipinski definition) is 7. The molecule has 0 spiro atoms. The van der Waals surface area contributed by atoms with Gasteiger partial charge in [-0.3, -0.25) is 28.4 Å². The summed E-state index contributed by atoms with van der Waals surface area (Å²) in [6, 6.07) is 6.70. The maximum atomic E-state index is 13.7. The normalized spacial score (nSPS) is 21.2. The average Bonchev–Trinajstić information content (AvgIpc) is 3.52. The maximum Gasteiger partial charge on any atom is 0.353 e. The van der Waals surface area contributed by atoms with Gasteiger partial charge < -0.3 is 14.2 Å². The minimum absolute atomic E-state index is 0.105. The number of benzene rings is 1. The summed E-state index contributed by atoms with van der Waals surface area (Å²) in [5.74, 6) is -1.18. The highest BCUT2D eigenvalue weighted by Crippen LogP contribution is 2.49. The molecule has 1 saturated heterocycles. The van der Waals surface area contributed by atoms with Gasteiger partial charge in [-0.25, -0.2) is 14.6 Å². The number of anilines is 1. The van der Waals surface area contributed by atoms with Crippen LogP contribution in [0.2, 0.25) is 0 Å². The first-order valence-electron chi connectivity index (χ1n) is 11.8. The lowest BCUT2D eigenvalue weighted by Gasteiger charge is -2.48. The molecule has 1 aliphatic carbocycles. The number of fused-ring (bicyclic) bond motifs is 4.